The third-order valence-electron chi connectivity index (χ3n) is 3.34. The van der Waals surface area contributed by atoms with Crippen molar-refractivity contribution in [3.63, 3.8) is 0 Å². The van der Waals surface area contributed by atoms with Crippen LogP contribution in [0.25, 0.3) is 0 Å². The molecule has 0 aliphatic carbocycles. The van der Waals surface area contributed by atoms with Crippen molar-refractivity contribution in [2.24, 2.45) is 0 Å². The lowest BCUT2D eigenvalue weighted by atomic mass is 9.98. The summed E-state index contributed by atoms with van der Waals surface area (Å²) in [5.74, 6) is 0. The van der Waals surface area contributed by atoms with Gasteiger partial charge in [-0.1, -0.05) is 69.5 Å². The van der Waals surface area contributed by atoms with Crippen molar-refractivity contribution in [1.82, 2.24) is 0 Å². The SMILES string of the molecule is Cc1ccc(C(Br)Cc2cc(C)ccc2C)cc1. The van der Waals surface area contributed by atoms with Gasteiger partial charge in [0.15, 0.2) is 0 Å². The second-order valence-electron chi connectivity index (χ2n) is 5.01. The van der Waals surface area contributed by atoms with E-state index < -0.39 is 0 Å². The average molecular weight is 303 g/mol. The van der Waals surface area contributed by atoms with Crippen LogP contribution in [0.1, 0.15) is 32.6 Å². The molecule has 0 saturated heterocycles. The first-order chi connectivity index (χ1) is 8.56. The van der Waals surface area contributed by atoms with Crippen LogP contribution in [0.15, 0.2) is 42.5 Å². The van der Waals surface area contributed by atoms with Gasteiger partial charge in [-0.3, -0.25) is 0 Å². The number of alkyl halides is 1. The van der Waals surface area contributed by atoms with E-state index in [0.717, 1.165) is 6.42 Å². The van der Waals surface area contributed by atoms with Gasteiger partial charge < -0.3 is 0 Å². The monoisotopic (exact) mass is 302 g/mol. The molecule has 0 heterocycles. The summed E-state index contributed by atoms with van der Waals surface area (Å²) in [7, 11) is 0. The summed E-state index contributed by atoms with van der Waals surface area (Å²) in [6.07, 6.45) is 1.04. The first kappa shape index (κ1) is 13.4. The molecule has 0 aromatic heterocycles. The molecule has 0 amide bonds. The number of hydrogen-bond donors (Lipinski definition) is 0. The molecule has 0 N–H and O–H groups in total. The lowest BCUT2D eigenvalue weighted by molar-refractivity contribution is 0.935. The van der Waals surface area contributed by atoms with Crippen molar-refractivity contribution in [2.75, 3.05) is 0 Å². The summed E-state index contributed by atoms with van der Waals surface area (Å²) in [6, 6.07) is 15.4. The van der Waals surface area contributed by atoms with Crippen LogP contribution in [-0.2, 0) is 6.42 Å². The zero-order chi connectivity index (χ0) is 13.1. The van der Waals surface area contributed by atoms with E-state index in [1.807, 2.05) is 0 Å². The Labute approximate surface area is 118 Å². The van der Waals surface area contributed by atoms with E-state index in [2.05, 4.69) is 79.2 Å². The normalized spacial score (nSPS) is 12.4. The number of benzene rings is 2. The summed E-state index contributed by atoms with van der Waals surface area (Å²) in [5.41, 5.74) is 6.79. The Morgan fingerprint density at radius 3 is 2.17 bits per heavy atom. The Balaban J connectivity index is 2.18. The highest BCUT2D eigenvalue weighted by molar-refractivity contribution is 9.09. The average Bonchev–Trinajstić information content (AvgIpc) is 2.34. The van der Waals surface area contributed by atoms with Gasteiger partial charge in [0, 0.05) is 4.83 Å². The molecule has 94 valence electrons. The van der Waals surface area contributed by atoms with Gasteiger partial charge in [-0.25, -0.2) is 0 Å². The molecule has 0 spiro atoms. The Hall–Kier alpha value is -1.08. The summed E-state index contributed by atoms with van der Waals surface area (Å²) in [6.45, 7) is 6.46. The molecular weight excluding hydrogens is 284 g/mol. The van der Waals surface area contributed by atoms with Crippen LogP contribution in [0.5, 0.6) is 0 Å². The summed E-state index contributed by atoms with van der Waals surface area (Å²) >= 11 is 3.81. The quantitative estimate of drug-likeness (QED) is 0.676. The molecule has 0 fully saturated rings. The van der Waals surface area contributed by atoms with Gasteiger partial charge in [0.05, 0.1) is 0 Å². The third-order valence-corrected chi connectivity index (χ3v) is 4.20. The fourth-order valence-electron chi connectivity index (χ4n) is 2.11. The maximum absolute atomic E-state index is 3.81. The number of aryl methyl sites for hydroxylation is 3. The standard InChI is InChI=1S/C17H19Br/c1-12-5-8-15(9-6-12)17(18)11-16-10-13(2)4-7-14(16)3/h4-10,17H,11H2,1-3H3. The maximum Gasteiger partial charge on any atom is 0.0435 e. The van der Waals surface area contributed by atoms with Crippen molar-refractivity contribution in [3.8, 4) is 0 Å². The highest BCUT2D eigenvalue weighted by atomic mass is 79.9. The third kappa shape index (κ3) is 3.23. The molecule has 0 aliphatic heterocycles. The van der Waals surface area contributed by atoms with Crippen LogP contribution >= 0.6 is 15.9 Å². The first-order valence-corrected chi connectivity index (χ1v) is 7.24. The minimum absolute atomic E-state index is 0.388. The lowest BCUT2D eigenvalue weighted by Gasteiger charge is -2.13. The maximum atomic E-state index is 3.81. The van der Waals surface area contributed by atoms with Crippen molar-refractivity contribution in [3.05, 3.63) is 70.3 Å². The van der Waals surface area contributed by atoms with E-state index in [9.17, 15) is 0 Å². The molecule has 0 radical (unpaired) electrons. The summed E-state index contributed by atoms with van der Waals surface area (Å²) in [5, 5.41) is 0. The second kappa shape index (κ2) is 5.71. The molecule has 2 aromatic rings. The summed E-state index contributed by atoms with van der Waals surface area (Å²) < 4.78 is 0. The fourth-order valence-corrected chi connectivity index (χ4v) is 2.76. The van der Waals surface area contributed by atoms with E-state index in [1.54, 1.807) is 0 Å². The minimum atomic E-state index is 0.388. The molecule has 1 heteroatoms. The Morgan fingerprint density at radius 1 is 0.889 bits per heavy atom. The molecule has 0 aliphatic rings. The van der Waals surface area contributed by atoms with Crippen molar-refractivity contribution < 1.29 is 0 Å². The zero-order valence-corrected chi connectivity index (χ0v) is 12.8. The molecule has 0 saturated carbocycles. The molecule has 1 unspecified atom stereocenters. The van der Waals surface area contributed by atoms with E-state index in [1.165, 1.54) is 27.8 Å². The molecular formula is C17H19Br. The van der Waals surface area contributed by atoms with Crippen LogP contribution in [-0.4, -0.2) is 0 Å². The Kier molecular flexibility index (Phi) is 4.23. The van der Waals surface area contributed by atoms with Crippen molar-refractivity contribution in [2.45, 2.75) is 32.0 Å². The van der Waals surface area contributed by atoms with E-state index >= 15 is 0 Å². The number of halogens is 1. The highest BCUT2D eigenvalue weighted by Gasteiger charge is 2.10. The topological polar surface area (TPSA) is 0 Å². The minimum Gasteiger partial charge on any atom is -0.0835 e. The van der Waals surface area contributed by atoms with Crippen LogP contribution in [0.3, 0.4) is 0 Å². The van der Waals surface area contributed by atoms with Crippen molar-refractivity contribution in [1.29, 1.82) is 0 Å². The Morgan fingerprint density at radius 2 is 1.50 bits per heavy atom. The van der Waals surface area contributed by atoms with Gasteiger partial charge in [-0.05, 0) is 43.9 Å². The fraction of sp³-hybridized carbons (Fsp3) is 0.294. The largest absolute Gasteiger partial charge is 0.0835 e. The van der Waals surface area contributed by atoms with Gasteiger partial charge in [-0.15, -0.1) is 0 Å². The van der Waals surface area contributed by atoms with Crippen LogP contribution in [0.2, 0.25) is 0 Å². The van der Waals surface area contributed by atoms with E-state index in [0.29, 0.717) is 4.83 Å². The van der Waals surface area contributed by atoms with Crippen LogP contribution in [0.4, 0.5) is 0 Å². The molecule has 18 heavy (non-hydrogen) atoms. The molecule has 2 aromatic carbocycles. The number of rotatable bonds is 3. The van der Waals surface area contributed by atoms with Crippen LogP contribution < -0.4 is 0 Å². The molecule has 0 bridgehead atoms. The number of hydrogen-bond acceptors (Lipinski definition) is 0. The smallest absolute Gasteiger partial charge is 0.0435 e. The molecule has 0 nitrogen and oxygen atoms in total. The predicted molar refractivity (Wildman–Crippen MR) is 82.5 cm³/mol. The van der Waals surface area contributed by atoms with Gasteiger partial charge >= 0.3 is 0 Å². The predicted octanol–water partition coefficient (Wildman–Crippen LogP) is 5.29. The van der Waals surface area contributed by atoms with Gasteiger partial charge in [-0.2, -0.15) is 0 Å². The van der Waals surface area contributed by atoms with Crippen LogP contribution in [0, 0.1) is 20.8 Å². The lowest BCUT2D eigenvalue weighted by Crippen LogP contribution is -1.98. The Bertz CT molecular complexity index is 526. The second-order valence-corrected chi connectivity index (χ2v) is 6.12. The molecule has 2 rings (SSSR count). The van der Waals surface area contributed by atoms with Gasteiger partial charge in [0.25, 0.3) is 0 Å². The first-order valence-electron chi connectivity index (χ1n) is 6.33. The highest BCUT2D eigenvalue weighted by Crippen LogP contribution is 2.28. The summed E-state index contributed by atoms with van der Waals surface area (Å²) in [4.78, 5) is 0.388. The van der Waals surface area contributed by atoms with Gasteiger partial charge in [0.1, 0.15) is 0 Å². The van der Waals surface area contributed by atoms with E-state index in [4.69, 9.17) is 0 Å². The zero-order valence-electron chi connectivity index (χ0n) is 11.2. The van der Waals surface area contributed by atoms with Gasteiger partial charge in [0.2, 0.25) is 0 Å². The van der Waals surface area contributed by atoms with Crippen molar-refractivity contribution >= 4 is 15.9 Å². The molecule has 1 atom stereocenters. The van der Waals surface area contributed by atoms with E-state index in [-0.39, 0.29) is 0 Å².